The quantitative estimate of drug-likeness (QED) is 0.434. The van der Waals surface area contributed by atoms with Crippen LogP contribution in [0.4, 0.5) is 0 Å². The van der Waals surface area contributed by atoms with Gasteiger partial charge in [0.05, 0.1) is 0 Å². The van der Waals surface area contributed by atoms with Crippen LogP contribution >= 0.6 is 0 Å². The minimum Gasteiger partial charge on any atom is -0.370 e. The predicted octanol–water partition coefficient (Wildman–Crippen LogP) is 0.201. The van der Waals surface area contributed by atoms with Gasteiger partial charge in [0.25, 0.3) is 0 Å². The molecule has 0 aliphatic carbocycles. The Morgan fingerprint density at radius 3 is 2.62 bits per heavy atom. The molecule has 1 saturated heterocycles. The van der Waals surface area contributed by atoms with E-state index in [2.05, 4.69) is 12.2 Å². The highest BCUT2D eigenvalue weighted by Crippen LogP contribution is 2.15. The van der Waals surface area contributed by atoms with Crippen molar-refractivity contribution in [3.05, 3.63) is 0 Å². The predicted molar refractivity (Wildman–Crippen MR) is 54.8 cm³/mol. The first-order chi connectivity index (χ1) is 6.24. The van der Waals surface area contributed by atoms with Gasteiger partial charge in [-0.05, 0) is 31.8 Å². The first-order valence-electron chi connectivity index (χ1n) is 5.03. The molecule has 0 aromatic rings. The fraction of sp³-hybridized carbons (Fsp3) is 0.889. The monoisotopic (exact) mass is 184 g/mol. The number of hydrogen-bond acceptors (Lipinski definition) is 2. The Balaban J connectivity index is 2.18. The van der Waals surface area contributed by atoms with E-state index in [1.807, 2.05) is 4.90 Å². The molecule has 0 radical (unpaired) electrons. The Morgan fingerprint density at radius 1 is 1.54 bits per heavy atom. The Hall–Kier alpha value is -0.770. The highest BCUT2D eigenvalue weighted by Gasteiger charge is 2.18. The molecule has 0 spiro atoms. The van der Waals surface area contributed by atoms with Gasteiger partial charge in [-0.1, -0.05) is 6.92 Å². The van der Waals surface area contributed by atoms with Crippen molar-refractivity contribution in [1.82, 2.24) is 10.2 Å². The molecule has 4 heteroatoms. The van der Waals surface area contributed by atoms with Crippen LogP contribution in [-0.2, 0) is 0 Å². The van der Waals surface area contributed by atoms with Crippen LogP contribution in [0.3, 0.4) is 0 Å². The Morgan fingerprint density at radius 2 is 2.15 bits per heavy atom. The summed E-state index contributed by atoms with van der Waals surface area (Å²) in [5, 5.41) is 10.6. The van der Waals surface area contributed by atoms with Crippen molar-refractivity contribution in [3.63, 3.8) is 0 Å². The maximum absolute atomic E-state index is 7.28. The second kappa shape index (κ2) is 5.07. The van der Waals surface area contributed by atoms with Gasteiger partial charge < -0.3 is 16.0 Å². The largest absolute Gasteiger partial charge is 0.370 e. The summed E-state index contributed by atoms with van der Waals surface area (Å²) in [6, 6.07) is 0. The summed E-state index contributed by atoms with van der Waals surface area (Å²) in [5.74, 6) is 0.998. The average molecular weight is 184 g/mol. The van der Waals surface area contributed by atoms with E-state index in [0.29, 0.717) is 0 Å². The molecule has 0 bridgehead atoms. The SMILES string of the molecule is CCNCC1CCN(C(=N)N)CC1. The van der Waals surface area contributed by atoms with E-state index >= 15 is 0 Å². The van der Waals surface area contributed by atoms with Crippen molar-refractivity contribution in [2.45, 2.75) is 19.8 Å². The van der Waals surface area contributed by atoms with Crippen LogP contribution < -0.4 is 11.1 Å². The number of guanidine groups is 1. The Labute approximate surface area is 80.0 Å². The van der Waals surface area contributed by atoms with Gasteiger partial charge in [0.2, 0.25) is 0 Å². The van der Waals surface area contributed by atoms with E-state index in [0.717, 1.165) is 44.9 Å². The lowest BCUT2D eigenvalue weighted by atomic mass is 9.97. The Kier molecular flexibility index (Phi) is 4.02. The van der Waals surface area contributed by atoms with Crippen molar-refractivity contribution >= 4 is 5.96 Å². The van der Waals surface area contributed by atoms with Gasteiger partial charge in [-0.3, -0.25) is 5.41 Å². The number of nitrogens with two attached hydrogens (primary N) is 1. The summed E-state index contributed by atoms with van der Waals surface area (Å²) < 4.78 is 0. The molecule has 0 atom stereocenters. The first-order valence-corrected chi connectivity index (χ1v) is 5.03. The van der Waals surface area contributed by atoms with Crippen LogP contribution in [0.25, 0.3) is 0 Å². The molecule has 4 N–H and O–H groups in total. The number of nitrogens with one attached hydrogen (secondary N) is 2. The van der Waals surface area contributed by atoms with Crippen LogP contribution in [0.1, 0.15) is 19.8 Å². The summed E-state index contributed by atoms with van der Waals surface area (Å²) in [6.07, 6.45) is 2.32. The van der Waals surface area contributed by atoms with Gasteiger partial charge in [0.15, 0.2) is 5.96 Å². The molecule has 1 fully saturated rings. The third-order valence-electron chi connectivity index (χ3n) is 2.64. The van der Waals surface area contributed by atoms with Crippen LogP contribution in [-0.4, -0.2) is 37.0 Å². The molecule has 1 aliphatic heterocycles. The number of hydrogen-bond donors (Lipinski definition) is 3. The third kappa shape index (κ3) is 3.22. The van der Waals surface area contributed by atoms with E-state index in [4.69, 9.17) is 11.1 Å². The fourth-order valence-electron chi connectivity index (χ4n) is 1.73. The lowest BCUT2D eigenvalue weighted by molar-refractivity contribution is 0.258. The van der Waals surface area contributed by atoms with Crippen molar-refractivity contribution < 1.29 is 0 Å². The van der Waals surface area contributed by atoms with E-state index in [1.54, 1.807) is 0 Å². The van der Waals surface area contributed by atoms with Gasteiger partial charge in [-0.15, -0.1) is 0 Å². The van der Waals surface area contributed by atoms with Crippen LogP contribution in [0.15, 0.2) is 0 Å². The molecule has 1 rings (SSSR count). The highest BCUT2D eigenvalue weighted by molar-refractivity contribution is 5.74. The molecular formula is C9H20N4. The number of piperidine rings is 1. The third-order valence-corrected chi connectivity index (χ3v) is 2.64. The first kappa shape index (κ1) is 10.3. The smallest absolute Gasteiger partial charge is 0.188 e. The van der Waals surface area contributed by atoms with Crippen molar-refractivity contribution in [1.29, 1.82) is 5.41 Å². The second-order valence-electron chi connectivity index (χ2n) is 3.62. The van der Waals surface area contributed by atoms with Gasteiger partial charge >= 0.3 is 0 Å². The highest BCUT2D eigenvalue weighted by atomic mass is 15.2. The normalized spacial score (nSPS) is 19.0. The zero-order valence-electron chi connectivity index (χ0n) is 8.34. The molecule has 0 unspecified atom stereocenters. The zero-order valence-corrected chi connectivity index (χ0v) is 8.34. The fourth-order valence-corrected chi connectivity index (χ4v) is 1.73. The minimum atomic E-state index is 0.224. The Bertz CT molecular complexity index is 161. The zero-order chi connectivity index (χ0) is 9.68. The second-order valence-corrected chi connectivity index (χ2v) is 3.62. The van der Waals surface area contributed by atoms with Crippen LogP contribution in [0.2, 0.25) is 0 Å². The topological polar surface area (TPSA) is 65.1 Å². The van der Waals surface area contributed by atoms with Crippen LogP contribution in [0.5, 0.6) is 0 Å². The molecule has 4 nitrogen and oxygen atoms in total. The molecule has 1 aliphatic rings. The van der Waals surface area contributed by atoms with E-state index in [1.165, 1.54) is 0 Å². The minimum absolute atomic E-state index is 0.224. The summed E-state index contributed by atoms with van der Waals surface area (Å²) in [6.45, 7) is 6.19. The summed E-state index contributed by atoms with van der Waals surface area (Å²) >= 11 is 0. The van der Waals surface area contributed by atoms with Gasteiger partial charge in [-0.25, -0.2) is 0 Å². The molecule has 1 heterocycles. The number of rotatable bonds is 3. The standard InChI is InChI=1S/C9H20N4/c1-2-12-7-8-3-5-13(6-4-8)9(10)11/h8,12H,2-7H2,1H3,(H3,10,11). The maximum atomic E-state index is 7.28. The lowest BCUT2D eigenvalue weighted by Crippen LogP contribution is -2.43. The van der Waals surface area contributed by atoms with Gasteiger partial charge in [0.1, 0.15) is 0 Å². The van der Waals surface area contributed by atoms with Crippen molar-refractivity contribution in [2.24, 2.45) is 11.7 Å². The molecule has 0 aromatic carbocycles. The van der Waals surface area contributed by atoms with Crippen molar-refractivity contribution in [2.75, 3.05) is 26.2 Å². The number of likely N-dealkylation sites (tertiary alicyclic amines) is 1. The van der Waals surface area contributed by atoms with Crippen LogP contribution in [0, 0.1) is 11.3 Å². The summed E-state index contributed by atoms with van der Waals surface area (Å²) in [5.41, 5.74) is 5.41. The average Bonchev–Trinajstić information content (AvgIpc) is 2.15. The van der Waals surface area contributed by atoms with E-state index in [9.17, 15) is 0 Å². The molecule has 0 saturated carbocycles. The summed E-state index contributed by atoms with van der Waals surface area (Å²) in [4.78, 5) is 1.95. The molecule has 13 heavy (non-hydrogen) atoms. The molecule has 0 amide bonds. The molecule has 76 valence electrons. The van der Waals surface area contributed by atoms with Crippen molar-refractivity contribution in [3.8, 4) is 0 Å². The maximum Gasteiger partial charge on any atom is 0.188 e. The summed E-state index contributed by atoms with van der Waals surface area (Å²) in [7, 11) is 0. The van der Waals surface area contributed by atoms with E-state index in [-0.39, 0.29) is 5.96 Å². The van der Waals surface area contributed by atoms with Gasteiger partial charge in [0, 0.05) is 13.1 Å². The van der Waals surface area contributed by atoms with Gasteiger partial charge in [-0.2, -0.15) is 0 Å². The lowest BCUT2D eigenvalue weighted by Gasteiger charge is -2.32. The van der Waals surface area contributed by atoms with E-state index < -0.39 is 0 Å². The number of nitrogens with zero attached hydrogens (tertiary/aromatic N) is 1. The molecule has 0 aromatic heterocycles. The molecular weight excluding hydrogens is 164 g/mol.